The van der Waals surface area contributed by atoms with Crippen LogP contribution >= 0.6 is 19.5 Å². The molecule has 2 aromatic heterocycles. The Morgan fingerprint density at radius 3 is 2.69 bits per heavy atom. The van der Waals surface area contributed by atoms with Gasteiger partial charge in [-0.2, -0.15) is 4.98 Å². The Labute approximate surface area is 262 Å². The molecule has 3 aromatic rings. The van der Waals surface area contributed by atoms with Gasteiger partial charge in [-0.05, 0) is 26.3 Å². The van der Waals surface area contributed by atoms with Crippen LogP contribution in [0, 0.1) is 5.41 Å². The van der Waals surface area contributed by atoms with Crippen LogP contribution < -0.4 is 16.4 Å². The van der Waals surface area contributed by atoms with Crippen LogP contribution in [0.25, 0.3) is 11.2 Å². The molecule has 3 heterocycles. The molecule has 0 bridgehead atoms. The van der Waals surface area contributed by atoms with Crippen LogP contribution in [0.5, 0.6) is 0 Å². The van der Waals surface area contributed by atoms with E-state index in [1.807, 2.05) is 30.3 Å². The van der Waals surface area contributed by atoms with E-state index in [4.69, 9.17) is 24.3 Å². The molecule has 0 spiro atoms. The molecule has 18 heteroatoms. The minimum absolute atomic E-state index is 0.0249. The Hall–Kier alpha value is -3.15. The van der Waals surface area contributed by atoms with Crippen molar-refractivity contribution in [2.24, 2.45) is 5.41 Å². The number of carbonyl (C=O) groups is 2. The van der Waals surface area contributed by atoms with E-state index in [1.165, 1.54) is 24.7 Å². The number of aliphatic hydroxyl groups is 2. The number of hydrogen-bond donors (Lipinski definition) is 5. The lowest BCUT2D eigenvalue weighted by Gasteiger charge is -2.27. The number of aromatic nitrogens is 4. The summed E-state index contributed by atoms with van der Waals surface area (Å²) in [5.74, 6) is -0.556. The molecular weight excluding hydrogens is 631 g/mol. The number of hydrogen-bond acceptors (Lipinski definition) is 14. The van der Waals surface area contributed by atoms with Crippen LogP contribution in [0.4, 0.5) is 5.95 Å². The summed E-state index contributed by atoms with van der Waals surface area (Å²) >= 11 is 0.930. The number of thioether (sulfide) groups is 1. The van der Waals surface area contributed by atoms with Gasteiger partial charge in [-0.1, -0.05) is 42.1 Å². The van der Waals surface area contributed by atoms with Crippen molar-refractivity contribution in [1.82, 2.24) is 24.6 Å². The van der Waals surface area contributed by atoms with E-state index in [9.17, 15) is 29.2 Å². The van der Waals surface area contributed by atoms with Gasteiger partial charge in [-0.15, -0.1) is 0 Å². The van der Waals surface area contributed by atoms with E-state index in [0.717, 1.165) is 17.3 Å². The molecule has 0 saturated carbocycles. The number of carbonyl (C=O) groups excluding carboxylic acids is 2. The third-order valence-electron chi connectivity index (χ3n) is 6.95. The van der Waals surface area contributed by atoms with Crippen molar-refractivity contribution in [3.05, 3.63) is 52.6 Å². The molecule has 0 aliphatic carbocycles. The maximum atomic E-state index is 13.8. The highest BCUT2D eigenvalue weighted by Crippen LogP contribution is 2.47. The Balaban J connectivity index is 1.43. The lowest BCUT2D eigenvalue weighted by Crippen LogP contribution is -2.44. The zero-order valence-electron chi connectivity index (χ0n) is 25.2. The Bertz CT molecular complexity index is 1610. The number of nitrogens with one attached hydrogen (secondary N) is 2. The second-order valence-corrected chi connectivity index (χ2v) is 14.1. The van der Waals surface area contributed by atoms with Crippen molar-refractivity contribution >= 4 is 47.7 Å². The highest BCUT2D eigenvalue weighted by molar-refractivity contribution is 8.13. The number of fused-ring (bicyclic) bond motifs is 1. The quantitative estimate of drug-likeness (QED) is 0.0931. The molecule has 1 aliphatic rings. The second kappa shape index (κ2) is 14.1. The minimum atomic E-state index is -4.07. The third-order valence-corrected chi connectivity index (χ3v) is 9.70. The topological polar surface area (TPSA) is 230 Å². The summed E-state index contributed by atoms with van der Waals surface area (Å²) in [5.41, 5.74) is 2.99. The summed E-state index contributed by atoms with van der Waals surface area (Å²) < 4.78 is 37.3. The molecule has 0 amide bonds. The van der Waals surface area contributed by atoms with Gasteiger partial charge in [0.05, 0.1) is 25.0 Å². The van der Waals surface area contributed by atoms with Crippen LogP contribution in [0.1, 0.15) is 39.5 Å². The Morgan fingerprint density at radius 2 is 2.00 bits per heavy atom. The van der Waals surface area contributed by atoms with Crippen LogP contribution in [-0.2, 0) is 39.2 Å². The number of anilines is 1. The summed E-state index contributed by atoms with van der Waals surface area (Å²) in [5, 5.41) is 24.7. The number of ether oxygens (including phenoxy) is 2. The molecule has 1 aliphatic heterocycles. The molecule has 45 heavy (non-hydrogen) atoms. The van der Waals surface area contributed by atoms with Gasteiger partial charge in [-0.3, -0.25) is 33.0 Å². The van der Waals surface area contributed by atoms with Crippen molar-refractivity contribution in [2.45, 2.75) is 58.3 Å². The van der Waals surface area contributed by atoms with Gasteiger partial charge >= 0.3 is 13.7 Å². The van der Waals surface area contributed by atoms with Gasteiger partial charge in [0.25, 0.3) is 5.56 Å². The molecule has 5 atom stereocenters. The molecule has 6 N–H and O–H groups in total. The molecule has 4 rings (SSSR count). The van der Waals surface area contributed by atoms with Gasteiger partial charge in [0, 0.05) is 19.2 Å². The number of nitrogens with two attached hydrogens (primary N) is 1. The van der Waals surface area contributed by atoms with Crippen LogP contribution in [-0.4, -0.2) is 84.2 Å². The van der Waals surface area contributed by atoms with E-state index in [1.54, 1.807) is 13.8 Å². The van der Waals surface area contributed by atoms with Crippen LogP contribution in [0.15, 0.2) is 41.5 Å². The summed E-state index contributed by atoms with van der Waals surface area (Å²) in [6.45, 7) is 5.26. The third kappa shape index (κ3) is 8.37. The van der Waals surface area contributed by atoms with E-state index < -0.39 is 55.3 Å². The number of H-pyrrole nitrogens is 1. The average molecular weight is 669 g/mol. The SMILES string of the molecule is CC(=O)OCC(C)(C)C(=O)SCCOP(=O)(NCc1ccccc1)OCC1O[C@@H](n2cnc3c(=O)[nH]c(N)nc32)[C@](C)(O)[C@@H]1O. The Morgan fingerprint density at radius 1 is 1.29 bits per heavy atom. The van der Waals surface area contributed by atoms with Crippen molar-refractivity contribution in [2.75, 3.05) is 31.3 Å². The molecule has 16 nitrogen and oxygen atoms in total. The molecule has 2 unspecified atom stereocenters. The first-order chi connectivity index (χ1) is 21.1. The number of nitrogens with zero attached hydrogens (tertiary/aromatic N) is 3. The summed E-state index contributed by atoms with van der Waals surface area (Å²) in [4.78, 5) is 46.5. The maximum Gasteiger partial charge on any atom is 0.405 e. The fourth-order valence-corrected chi connectivity index (χ4v) is 6.64. The van der Waals surface area contributed by atoms with Gasteiger partial charge in [-0.25, -0.2) is 14.6 Å². The standard InChI is InChI=1S/C27H37N6O10PS/c1-16(34)40-14-26(2,3)24(37)45-11-10-41-44(39,30-12-17-8-6-5-7-9-17)42-13-18-20(35)27(4,38)23(43-18)33-15-29-19-21(33)31-25(28)32-22(19)36/h5-9,15,18,20,23,35,38H,10-14H2,1-4H3,(H,30,39)(H3,28,31,32,36)/t18?,20-,23-,27-,44?/m1/s1. The van der Waals surface area contributed by atoms with Gasteiger partial charge < -0.3 is 25.4 Å². The molecule has 1 fully saturated rings. The summed E-state index contributed by atoms with van der Waals surface area (Å²) in [7, 11) is -4.07. The lowest BCUT2D eigenvalue weighted by molar-refractivity contribution is -0.145. The zero-order chi connectivity index (χ0) is 33.0. The van der Waals surface area contributed by atoms with E-state index in [-0.39, 0.29) is 47.7 Å². The highest BCUT2D eigenvalue weighted by Gasteiger charge is 2.54. The summed E-state index contributed by atoms with van der Waals surface area (Å²) in [6.07, 6.45) is -2.77. The monoisotopic (exact) mass is 668 g/mol. The van der Waals surface area contributed by atoms with Crippen molar-refractivity contribution in [1.29, 1.82) is 0 Å². The molecule has 1 saturated heterocycles. The first-order valence-electron chi connectivity index (χ1n) is 13.9. The Kier molecular flexibility index (Phi) is 10.9. The molecule has 246 valence electrons. The normalized spacial score (nSPS) is 23.2. The zero-order valence-corrected chi connectivity index (χ0v) is 26.9. The van der Waals surface area contributed by atoms with Gasteiger partial charge in [0.15, 0.2) is 22.5 Å². The molecular formula is C27H37N6O10PS. The van der Waals surface area contributed by atoms with Gasteiger partial charge in [0.2, 0.25) is 5.95 Å². The number of benzene rings is 1. The lowest BCUT2D eigenvalue weighted by atomic mass is 9.96. The van der Waals surface area contributed by atoms with E-state index in [0.29, 0.717) is 0 Å². The number of esters is 1. The number of nitrogen functional groups attached to an aromatic ring is 1. The van der Waals surface area contributed by atoms with Crippen molar-refractivity contribution in [3.8, 4) is 0 Å². The predicted molar refractivity (Wildman–Crippen MR) is 164 cm³/mol. The van der Waals surface area contributed by atoms with E-state index >= 15 is 0 Å². The van der Waals surface area contributed by atoms with E-state index in [2.05, 4.69) is 20.0 Å². The van der Waals surface area contributed by atoms with Gasteiger partial charge in [0.1, 0.15) is 24.4 Å². The molecule has 0 radical (unpaired) electrons. The first-order valence-corrected chi connectivity index (χ1v) is 16.4. The summed E-state index contributed by atoms with van der Waals surface area (Å²) in [6, 6.07) is 9.07. The van der Waals surface area contributed by atoms with Crippen molar-refractivity contribution in [3.63, 3.8) is 0 Å². The number of imidazole rings is 1. The maximum absolute atomic E-state index is 13.8. The largest absolute Gasteiger partial charge is 0.465 e. The smallest absolute Gasteiger partial charge is 0.405 e. The van der Waals surface area contributed by atoms with Crippen molar-refractivity contribution < 1.29 is 42.9 Å². The number of aliphatic hydroxyl groups excluding tert-OH is 1. The van der Waals surface area contributed by atoms with Crippen LogP contribution in [0.2, 0.25) is 0 Å². The fourth-order valence-electron chi connectivity index (χ4n) is 4.40. The average Bonchev–Trinajstić information content (AvgIpc) is 3.50. The first kappa shape index (κ1) is 34.7. The highest BCUT2D eigenvalue weighted by atomic mass is 32.2. The second-order valence-electron chi connectivity index (χ2n) is 11.2. The number of rotatable bonds is 14. The van der Waals surface area contributed by atoms with Crippen LogP contribution in [0.3, 0.4) is 0 Å². The predicted octanol–water partition coefficient (Wildman–Crippen LogP) is 1.49. The molecule has 1 aromatic carbocycles. The minimum Gasteiger partial charge on any atom is -0.465 e. The number of aromatic amines is 1. The fraction of sp³-hybridized carbons (Fsp3) is 0.519.